The van der Waals surface area contributed by atoms with Crippen LogP contribution in [0.5, 0.6) is 0 Å². The van der Waals surface area contributed by atoms with Gasteiger partial charge in [0.25, 0.3) is 0 Å². The summed E-state index contributed by atoms with van der Waals surface area (Å²) in [6.45, 7) is 7.34. The molecule has 4 heteroatoms. The number of hydrogen-bond donors (Lipinski definition) is 1. The Labute approximate surface area is 121 Å². The maximum absolute atomic E-state index is 6.02. The Morgan fingerprint density at radius 3 is 2.55 bits per heavy atom. The second-order valence-corrected chi connectivity index (χ2v) is 5.90. The number of hydrogen-bond acceptors (Lipinski definition) is 4. The van der Waals surface area contributed by atoms with Crippen LogP contribution in [0, 0.1) is 0 Å². The molecule has 2 N–H and O–H groups in total. The number of likely N-dealkylation sites (tertiary alicyclic amines) is 1. The highest BCUT2D eigenvalue weighted by Crippen LogP contribution is 2.33. The molecule has 0 atom stereocenters. The van der Waals surface area contributed by atoms with Gasteiger partial charge in [-0.25, -0.2) is 0 Å². The third-order valence-corrected chi connectivity index (χ3v) is 4.74. The van der Waals surface area contributed by atoms with E-state index in [-0.39, 0.29) is 5.54 Å². The highest BCUT2D eigenvalue weighted by molar-refractivity contribution is 5.81. The minimum absolute atomic E-state index is 0.200. The number of aliphatic imine (C=N–C) groups is 1. The van der Waals surface area contributed by atoms with Gasteiger partial charge in [0.2, 0.25) is 0 Å². The molecule has 0 aliphatic carbocycles. The first kappa shape index (κ1) is 13.4. The Morgan fingerprint density at radius 2 is 1.90 bits per heavy atom. The summed E-state index contributed by atoms with van der Waals surface area (Å²) in [5.41, 5.74) is 7.62. The van der Waals surface area contributed by atoms with Crippen molar-refractivity contribution in [2.45, 2.75) is 31.8 Å². The van der Waals surface area contributed by atoms with Crippen LogP contribution in [-0.4, -0.2) is 47.5 Å². The molecule has 0 saturated carbocycles. The molecule has 3 rings (SSSR count). The van der Waals surface area contributed by atoms with Crippen molar-refractivity contribution in [2.75, 3.05) is 26.2 Å². The molecule has 2 heterocycles. The Bertz CT molecular complexity index is 475. The van der Waals surface area contributed by atoms with E-state index in [4.69, 9.17) is 5.73 Å². The van der Waals surface area contributed by atoms with E-state index in [2.05, 4.69) is 52.0 Å². The van der Waals surface area contributed by atoms with Crippen LogP contribution in [0.3, 0.4) is 0 Å². The number of guanidine groups is 1. The fourth-order valence-corrected chi connectivity index (χ4v) is 3.54. The van der Waals surface area contributed by atoms with Crippen molar-refractivity contribution >= 4 is 5.96 Å². The molecule has 108 valence electrons. The van der Waals surface area contributed by atoms with Gasteiger partial charge in [-0.15, -0.1) is 0 Å². The number of piperidine rings is 1. The third-order valence-electron chi connectivity index (χ3n) is 4.74. The maximum atomic E-state index is 6.02. The van der Waals surface area contributed by atoms with Crippen LogP contribution in [0.25, 0.3) is 0 Å². The summed E-state index contributed by atoms with van der Waals surface area (Å²) >= 11 is 0. The van der Waals surface area contributed by atoms with Gasteiger partial charge in [0.1, 0.15) is 0 Å². The van der Waals surface area contributed by atoms with E-state index in [1.165, 1.54) is 5.56 Å². The second-order valence-electron chi connectivity index (χ2n) is 5.90. The van der Waals surface area contributed by atoms with E-state index in [1.807, 2.05) is 0 Å². The summed E-state index contributed by atoms with van der Waals surface area (Å²) in [6.07, 6.45) is 2.33. The molecule has 0 bridgehead atoms. The SMILES string of the molecule is CCN1C(N)=NCC12CCN(Cc1ccccc1)CC2. The van der Waals surface area contributed by atoms with E-state index in [0.29, 0.717) is 0 Å². The molecule has 0 amide bonds. The molecule has 2 aliphatic heterocycles. The van der Waals surface area contributed by atoms with E-state index >= 15 is 0 Å². The fourth-order valence-electron chi connectivity index (χ4n) is 3.54. The van der Waals surface area contributed by atoms with Crippen LogP contribution in [0.4, 0.5) is 0 Å². The van der Waals surface area contributed by atoms with Gasteiger partial charge in [0.15, 0.2) is 5.96 Å². The normalized spacial score (nSPS) is 22.2. The molecular formula is C16H24N4. The topological polar surface area (TPSA) is 44.9 Å². The van der Waals surface area contributed by atoms with Crippen molar-refractivity contribution < 1.29 is 0 Å². The predicted molar refractivity (Wildman–Crippen MR) is 82.6 cm³/mol. The largest absolute Gasteiger partial charge is 0.370 e. The third kappa shape index (κ3) is 2.40. The zero-order chi connectivity index (χ0) is 14.0. The van der Waals surface area contributed by atoms with Crippen molar-refractivity contribution in [3.8, 4) is 0 Å². The summed E-state index contributed by atoms with van der Waals surface area (Å²) in [6, 6.07) is 10.7. The van der Waals surface area contributed by atoms with Gasteiger partial charge in [0, 0.05) is 26.2 Å². The minimum Gasteiger partial charge on any atom is -0.370 e. The van der Waals surface area contributed by atoms with Gasteiger partial charge in [-0.1, -0.05) is 30.3 Å². The highest BCUT2D eigenvalue weighted by Gasteiger charge is 2.43. The average Bonchev–Trinajstić information content (AvgIpc) is 2.79. The lowest BCUT2D eigenvalue weighted by molar-refractivity contribution is 0.0848. The van der Waals surface area contributed by atoms with Gasteiger partial charge >= 0.3 is 0 Å². The molecule has 1 aromatic rings. The Morgan fingerprint density at radius 1 is 1.20 bits per heavy atom. The van der Waals surface area contributed by atoms with Gasteiger partial charge < -0.3 is 10.6 Å². The van der Waals surface area contributed by atoms with Crippen LogP contribution in [-0.2, 0) is 6.54 Å². The van der Waals surface area contributed by atoms with Gasteiger partial charge in [-0.3, -0.25) is 9.89 Å². The number of rotatable bonds is 3. The Kier molecular flexibility index (Phi) is 3.66. The van der Waals surface area contributed by atoms with E-state index in [9.17, 15) is 0 Å². The molecule has 1 saturated heterocycles. The summed E-state index contributed by atoms with van der Waals surface area (Å²) < 4.78 is 0. The van der Waals surface area contributed by atoms with E-state index < -0.39 is 0 Å². The molecule has 20 heavy (non-hydrogen) atoms. The maximum Gasteiger partial charge on any atom is 0.191 e. The highest BCUT2D eigenvalue weighted by atomic mass is 15.4. The van der Waals surface area contributed by atoms with Crippen LogP contribution < -0.4 is 5.73 Å². The zero-order valence-corrected chi connectivity index (χ0v) is 12.3. The van der Waals surface area contributed by atoms with Crippen molar-refractivity contribution in [1.82, 2.24) is 9.80 Å². The smallest absolute Gasteiger partial charge is 0.191 e. The number of benzene rings is 1. The molecule has 1 fully saturated rings. The monoisotopic (exact) mass is 272 g/mol. The lowest BCUT2D eigenvalue weighted by Crippen LogP contribution is -2.56. The lowest BCUT2D eigenvalue weighted by Gasteiger charge is -2.45. The average molecular weight is 272 g/mol. The van der Waals surface area contributed by atoms with Crippen LogP contribution in [0.2, 0.25) is 0 Å². The van der Waals surface area contributed by atoms with Gasteiger partial charge in [0.05, 0.1) is 12.1 Å². The standard InChI is InChI=1S/C16H24N4/c1-2-20-15(17)18-13-16(20)8-10-19(11-9-16)12-14-6-4-3-5-7-14/h3-7H,2,8-13H2,1H3,(H2,17,18). The van der Waals surface area contributed by atoms with Crippen molar-refractivity contribution in [1.29, 1.82) is 0 Å². The van der Waals surface area contributed by atoms with Gasteiger partial charge in [-0.05, 0) is 25.3 Å². The van der Waals surface area contributed by atoms with Crippen molar-refractivity contribution in [3.63, 3.8) is 0 Å². The Balaban J connectivity index is 1.60. The number of nitrogens with two attached hydrogens (primary N) is 1. The second kappa shape index (κ2) is 5.44. The summed E-state index contributed by atoms with van der Waals surface area (Å²) in [5, 5.41) is 0. The first-order chi connectivity index (χ1) is 9.73. The van der Waals surface area contributed by atoms with E-state index in [0.717, 1.165) is 51.5 Å². The predicted octanol–water partition coefficient (Wildman–Crippen LogP) is 1.67. The van der Waals surface area contributed by atoms with Gasteiger partial charge in [-0.2, -0.15) is 0 Å². The lowest BCUT2D eigenvalue weighted by atomic mass is 9.86. The quantitative estimate of drug-likeness (QED) is 0.910. The molecular weight excluding hydrogens is 248 g/mol. The summed E-state index contributed by atoms with van der Waals surface area (Å²) in [7, 11) is 0. The summed E-state index contributed by atoms with van der Waals surface area (Å²) in [5.74, 6) is 0.740. The fraction of sp³-hybridized carbons (Fsp3) is 0.562. The zero-order valence-electron chi connectivity index (χ0n) is 12.3. The van der Waals surface area contributed by atoms with Crippen LogP contribution in [0.15, 0.2) is 35.3 Å². The molecule has 4 nitrogen and oxygen atoms in total. The molecule has 2 aliphatic rings. The van der Waals surface area contributed by atoms with Crippen molar-refractivity contribution in [2.24, 2.45) is 10.7 Å². The molecule has 0 unspecified atom stereocenters. The minimum atomic E-state index is 0.200. The van der Waals surface area contributed by atoms with Crippen LogP contribution >= 0.6 is 0 Å². The molecule has 0 radical (unpaired) electrons. The first-order valence-corrected chi connectivity index (χ1v) is 7.57. The van der Waals surface area contributed by atoms with Crippen molar-refractivity contribution in [3.05, 3.63) is 35.9 Å². The molecule has 0 aromatic heterocycles. The van der Waals surface area contributed by atoms with Crippen LogP contribution in [0.1, 0.15) is 25.3 Å². The first-order valence-electron chi connectivity index (χ1n) is 7.57. The van der Waals surface area contributed by atoms with E-state index in [1.54, 1.807) is 0 Å². The molecule has 1 spiro atoms. The molecule has 1 aromatic carbocycles. The number of likely N-dealkylation sites (N-methyl/N-ethyl adjacent to an activating group) is 1. The summed E-state index contributed by atoms with van der Waals surface area (Å²) in [4.78, 5) is 9.33. The Hall–Kier alpha value is -1.55. The number of nitrogens with zero attached hydrogens (tertiary/aromatic N) is 3.